The number of amides is 4. The van der Waals surface area contributed by atoms with Crippen molar-refractivity contribution in [1.82, 2.24) is 10.2 Å². The van der Waals surface area contributed by atoms with Crippen molar-refractivity contribution in [3.8, 4) is 0 Å². The van der Waals surface area contributed by atoms with Gasteiger partial charge in [0.25, 0.3) is 11.8 Å². The molecule has 0 saturated carbocycles. The fourth-order valence-electron chi connectivity index (χ4n) is 2.66. The summed E-state index contributed by atoms with van der Waals surface area (Å²) < 4.78 is 5.33. The normalized spacial score (nSPS) is 14.4. The molecular formula is C20H19N3O5. The summed E-state index contributed by atoms with van der Waals surface area (Å²) in [6.45, 7) is 1.20. The molecule has 0 unspecified atom stereocenters. The Hall–Kier alpha value is -3.68. The Balaban J connectivity index is 1.74. The molecule has 0 spiro atoms. The van der Waals surface area contributed by atoms with Gasteiger partial charge in [0, 0.05) is 11.3 Å². The molecule has 1 aliphatic heterocycles. The highest BCUT2D eigenvalue weighted by molar-refractivity contribution is 6.04. The highest BCUT2D eigenvalue weighted by atomic mass is 16.5. The molecule has 1 saturated heterocycles. The predicted octanol–water partition coefficient (Wildman–Crippen LogP) is 1.77. The van der Waals surface area contributed by atoms with E-state index in [4.69, 9.17) is 4.74 Å². The van der Waals surface area contributed by atoms with Gasteiger partial charge in [-0.15, -0.1) is 0 Å². The van der Waals surface area contributed by atoms with E-state index < -0.39 is 36.5 Å². The van der Waals surface area contributed by atoms with Crippen LogP contribution in [0.3, 0.4) is 0 Å². The van der Waals surface area contributed by atoms with Crippen molar-refractivity contribution in [3.63, 3.8) is 0 Å². The molecule has 1 heterocycles. The Bertz CT molecular complexity index is 880. The van der Waals surface area contributed by atoms with Crippen LogP contribution >= 0.6 is 0 Å². The molecule has 0 aliphatic carbocycles. The van der Waals surface area contributed by atoms with E-state index in [1.165, 1.54) is 0 Å². The summed E-state index contributed by atoms with van der Waals surface area (Å²) in [5.74, 6) is -1.93. The molecule has 28 heavy (non-hydrogen) atoms. The summed E-state index contributed by atoms with van der Waals surface area (Å²) in [4.78, 5) is 49.0. The van der Waals surface area contributed by atoms with Crippen molar-refractivity contribution < 1.29 is 23.9 Å². The number of esters is 1. The first-order valence-corrected chi connectivity index (χ1v) is 8.64. The lowest BCUT2D eigenvalue weighted by Crippen LogP contribution is -2.38. The minimum atomic E-state index is -1.23. The first kappa shape index (κ1) is 19.1. The van der Waals surface area contributed by atoms with E-state index >= 15 is 0 Å². The summed E-state index contributed by atoms with van der Waals surface area (Å²) >= 11 is 0. The van der Waals surface area contributed by atoms with Crippen LogP contribution in [0.4, 0.5) is 10.5 Å². The van der Waals surface area contributed by atoms with E-state index in [-0.39, 0.29) is 6.54 Å². The van der Waals surface area contributed by atoms with E-state index in [1.54, 1.807) is 42.5 Å². The van der Waals surface area contributed by atoms with Crippen molar-refractivity contribution in [3.05, 3.63) is 65.7 Å². The number of rotatable bonds is 6. The van der Waals surface area contributed by atoms with E-state index in [9.17, 15) is 19.2 Å². The third kappa shape index (κ3) is 4.53. The van der Waals surface area contributed by atoms with Crippen LogP contribution in [0.2, 0.25) is 0 Å². The topological polar surface area (TPSA) is 105 Å². The van der Waals surface area contributed by atoms with E-state index in [0.29, 0.717) is 11.3 Å². The van der Waals surface area contributed by atoms with Crippen molar-refractivity contribution in [2.75, 3.05) is 18.4 Å². The number of nitrogens with zero attached hydrogens (tertiary/aromatic N) is 1. The number of hydrogen-bond donors (Lipinski definition) is 2. The zero-order valence-corrected chi connectivity index (χ0v) is 15.2. The summed E-state index contributed by atoms with van der Waals surface area (Å²) in [7, 11) is 0. The number of anilines is 1. The molecule has 3 rings (SSSR count). The molecule has 1 aliphatic rings. The summed E-state index contributed by atoms with van der Waals surface area (Å²) in [5.41, 5.74) is 2.07. The average molecular weight is 381 g/mol. The molecule has 2 N–H and O–H groups in total. The number of urea groups is 1. The van der Waals surface area contributed by atoms with Gasteiger partial charge in [0.15, 0.2) is 0 Å². The van der Waals surface area contributed by atoms with Gasteiger partial charge in [-0.05, 0) is 19.1 Å². The standard InChI is InChI=1S/C20H19N3O5/c1-13-7-9-15(10-8-13)22-19(26)18(14-5-3-2-4-6-14)28-17(25)12-23-16(24)11-21-20(23)27/h2-10,18H,11-12H2,1H3,(H,21,27)(H,22,26)/t18-/m0/s1. The van der Waals surface area contributed by atoms with Crippen LogP contribution in [0.1, 0.15) is 17.2 Å². The second-order valence-corrected chi connectivity index (χ2v) is 6.27. The van der Waals surface area contributed by atoms with Gasteiger partial charge in [-0.2, -0.15) is 0 Å². The number of hydrogen-bond acceptors (Lipinski definition) is 5. The molecule has 8 heteroatoms. The van der Waals surface area contributed by atoms with Crippen LogP contribution in [-0.4, -0.2) is 41.8 Å². The van der Waals surface area contributed by atoms with Gasteiger partial charge in [-0.3, -0.25) is 19.3 Å². The maximum Gasteiger partial charge on any atom is 0.327 e. The van der Waals surface area contributed by atoms with Gasteiger partial charge in [0.1, 0.15) is 6.54 Å². The van der Waals surface area contributed by atoms with Crippen LogP contribution in [0, 0.1) is 6.92 Å². The highest BCUT2D eigenvalue weighted by Gasteiger charge is 2.33. The monoisotopic (exact) mass is 381 g/mol. The van der Waals surface area contributed by atoms with E-state index in [1.807, 2.05) is 19.1 Å². The summed E-state index contributed by atoms with van der Waals surface area (Å²) in [6.07, 6.45) is -1.23. The molecule has 2 aromatic rings. The van der Waals surface area contributed by atoms with Crippen LogP contribution in [0.5, 0.6) is 0 Å². The zero-order valence-electron chi connectivity index (χ0n) is 15.2. The largest absolute Gasteiger partial charge is 0.446 e. The maximum absolute atomic E-state index is 12.8. The molecule has 144 valence electrons. The number of carbonyl (C=O) groups excluding carboxylic acids is 4. The molecular weight excluding hydrogens is 362 g/mol. The number of nitrogens with one attached hydrogen (secondary N) is 2. The first-order chi connectivity index (χ1) is 13.4. The van der Waals surface area contributed by atoms with Gasteiger partial charge in [-0.1, -0.05) is 48.0 Å². The minimum Gasteiger partial charge on any atom is -0.446 e. The van der Waals surface area contributed by atoms with Crippen LogP contribution in [0.15, 0.2) is 54.6 Å². The van der Waals surface area contributed by atoms with Gasteiger partial charge in [-0.25, -0.2) is 4.79 Å². The van der Waals surface area contributed by atoms with E-state index in [0.717, 1.165) is 10.5 Å². The zero-order chi connectivity index (χ0) is 20.1. The molecule has 1 atom stereocenters. The third-order valence-corrected chi connectivity index (χ3v) is 4.13. The smallest absolute Gasteiger partial charge is 0.327 e. The molecule has 4 amide bonds. The first-order valence-electron chi connectivity index (χ1n) is 8.64. The maximum atomic E-state index is 12.8. The fourth-order valence-corrected chi connectivity index (χ4v) is 2.66. The Morgan fingerprint density at radius 1 is 1.11 bits per heavy atom. The van der Waals surface area contributed by atoms with Gasteiger partial charge in [0.05, 0.1) is 6.54 Å². The van der Waals surface area contributed by atoms with Crippen molar-refractivity contribution in [2.45, 2.75) is 13.0 Å². The lowest BCUT2D eigenvalue weighted by atomic mass is 10.1. The molecule has 8 nitrogen and oxygen atoms in total. The molecule has 2 aromatic carbocycles. The van der Waals surface area contributed by atoms with Gasteiger partial charge >= 0.3 is 12.0 Å². The Kier molecular flexibility index (Phi) is 5.69. The lowest BCUT2D eigenvalue weighted by Gasteiger charge is -2.19. The molecule has 0 radical (unpaired) electrons. The van der Waals surface area contributed by atoms with Crippen LogP contribution in [0.25, 0.3) is 0 Å². The van der Waals surface area contributed by atoms with Gasteiger partial charge < -0.3 is 15.4 Å². The predicted molar refractivity (Wildman–Crippen MR) is 100 cm³/mol. The SMILES string of the molecule is Cc1ccc(NC(=O)[C@@H](OC(=O)CN2C(=O)CNC2=O)c2ccccc2)cc1. The average Bonchev–Trinajstić information content (AvgIpc) is 3.00. The summed E-state index contributed by atoms with van der Waals surface area (Å²) in [5, 5.41) is 5.03. The molecule has 0 aromatic heterocycles. The van der Waals surface area contributed by atoms with Crippen molar-refractivity contribution in [2.24, 2.45) is 0 Å². The number of aryl methyl sites for hydroxylation is 1. The lowest BCUT2D eigenvalue weighted by molar-refractivity contribution is -0.156. The van der Waals surface area contributed by atoms with Crippen molar-refractivity contribution >= 4 is 29.5 Å². The number of imide groups is 1. The van der Waals surface area contributed by atoms with Gasteiger partial charge in [0.2, 0.25) is 6.10 Å². The fraction of sp³-hybridized carbons (Fsp3) is 0.200. The number of ether oxygens (including phenoxy) is 1. The highest BCUT2D eigenvalue weighted by Crippen LogP contribution is 2.21. The van der Waals surface area contributed by atoms with Crippen LogP contribution in [-0.2, 0) is 19.1 Å². The molecule has 0 bridgehead atoms. The Morgan fingerprint density at radius 2 is 1.79 bits per heavy atom. The molecule has 1 fully saturated rings. The van der Waals surface area contributed by atoms with Crippen LogP contribution < -0.4 is 10.6 Å². The summed E-state index contributed by atoms with van der Waals surface area (Å²) in [6, 6.07) is 15.0. The second-order valence-electron chi connectivity index (χ2n) is 6.27. The van der Waals surface area contributed by atoms with Crippen molar-refractivity contribution in [1.29, 1.82) is 0 Å². The Morgan fingerprint density at radius 3 is 2.39 bits per heavy atom. The second kappa shape index (κ2) is 8.34. The number of benzene rings is 2. The minimum absolute atomic E-state index is 0.165. The quantitative estimate of drug-likeness (QED) is 0.586. The number of carbonyl (C=O) groups is 4. The Labute approximate surface area is 161 Å². The third-order valence-electron chi connectivity index (χ3n) is 4.13. The van der Waals surface area contributed by atoms with E-state index in [2.05, 4.69) is 10.6 Å².